The lowest BCUT2D eigenvalue weighted by Gasteiger charge is -2.31. The Hall–Kier alpha value is -2.05. The Morgan fingerprint density at radius 3 is 2.29 bits per heavy atom. The fourth-order valence-corrected chi connectivity index (χ4v) is 4.50. The van der Waals surface area contributed by atoms with Crippen LogP contribution < -0.4 is 9.62 Å². The quantitative estimate of drug-likeness (QED) is 0.720. The van der Waals surface area contributed by atoms with Gasteiger partial charge in [-0.3, -0.25) is 9.10 Å². The molecule has 7 heteroatoms. The highest BCUT2D eigenvalue weighted by Gasteiger charge is 2.31. The number of nitrogens with one attached hydrogen (secondary N) is 1. The summed E-state index contributed by atoms with van der Waals surface area (Å²) in [6.45, 7) is 7.35. The number of hydrogen-bond donors (Lipinski definition) is 1. The predicted molar refractivity (Wildman–Crippen MR) is 115 cm³/mol. The van der Waals surface area contributed by atoms with Crippen molar-refractivity contribution in [2.45, 2.75) is 46.2 Å². The van der Waals surface area contributed by atoms with Gasteiger partial charge < -0.3 is 5.32 Å². The van der Waals surface area contributed by atoms with Crippen molar-refractivity contribution in [1.29, 1.82) is 0 Å². The summed E-state index contributed by atoms with van der Waals surface area (Å²) in [5.41, 5.74) is 3.25. The lowest BCUT2D eigenvalue weighted by atomic mass is 10.0. The van der Waals surface area contributed by atoms with Gasteiger partial charge in [0.05, 0.1) is 18.0 Å². The first kappa shape index (κ1) is 22.2. The van der Waals surface area contributed by atoms with Crippen molar-refractivity contribution >= 4 is 33.2 Å². The van der Waals surface area contributed by atoms with E-state index in [1.165, 1.54) is 0 Å². The summed E-state index contributed by atoms with van der Waals surface area (Å²) in [5.74, 6) is -0.364. The van der Waals surface area contributed by atoms with Gasteiger partial charge in [0.2, 0.25) is 15.9 Å². The molecule has 0 aliphatic rings. The van der Waals surface area contributed by atoms with Gasteiger partial charge in [-0.15, -0.1) is 0 Å². The van der Waals surface area contributed by atoms with Crippen molar-refractivity contribution in [3.8, 4) is 0 Å². The molecule has 2 unspecified atom stereocenters. The number of carbonyl (C=O) groups excluding carboxylic acids is 1. The second kappa shape index (κ2) is 8.97. The zero-order valence-corrected chi connectivity index (χ0v) is 18.4. The number of nitrogens with zero attached hydrogens (tertiary/aromatic N) is 1. The largest absolute Gasteiger partial charge is 0.347 e. The number of amides is 1. The molecule has 0 aromatic heterocycles. The summed E-state index contributed by atoms with van der Waals surface area (Å²) < 4.78 is 26.1. The van der Waals surface area contributed by atoms with Crippen molar-refractivity contribution in [3.05, 3.63) is 64.2 Å². The molecule has 2 aromatic carbocycles. The van der Waals surface area contributed by atoms with Crippen LogP contribution in [0.2, 0.25) is 5.02 Å². The van der Waals surface area contributed by atoms with Gasteiger partial charge >= 0.3 is 0 Å². The second-order valence-electron chi connectivity index (χ2n) is 7.05. The van der Waals surface area contributed by atoms with Crippen molar-refractivity contribution in [3.63, 3.8) is 0 Å². The molecule has 0 fully saturated rings. The summed E-state index contributed by atoms with van der Waals surface area (Å²) in [7, 11) is -3.70. The smallest absolute Gasteiger partial charge is 0.244 e. The van der Waals surface area contributed by atoms with E-state index in [1.54, 1.807) is 32.0 Å². The molecular formula is C21H27ClN2O3S. The molecule has 0 radical (unpaired) electrons. The molecule has 152 valence electrons. The van der Waals surface area contributed by atoms with Gasteiger partial charge in [0.15, 0.2) is 0 Å². The van der Waals surface area contributed by atoms with Gasteiger partial charge in [-0.2, -0.15) is 0 Å². The number of carbonyl (C=O) groups is 1. The standard InChI is InChI=1S/C21H27ClN2O3S/c1-6-19(17-10-7-14(2)8-11-17)23-21(25)16(4)24(28(5,26)27)20-13-18(22)12-9-15(20)3/h7-13,16,19H,6H2,1-5H3,(H,23,25). The highest BCUT2D eigenvalue weighted by Crippen LogP contribution is 2.28. The number of hydrogen-bond acceptors (Lipinski definition) is 3. The van der Waals surface area contributed by atoms with Crippen LogP contribution in [-0.2, 0) is 14.8 Å². The number of halogens is 1. The van der Waals surface area contributed by atoms with Gasteiger partial charge in [0, 0.05) is 5.02 Å². The van der Waals surface area contributed by atoms with Gasteiger partial charge in [-0.25, -0.2) is 8.42 Å². The zero-order valence-electron chi connectivity index (χ0n) is 16.9. The number of sulfonamides is 1. The first-order chi connectivity index (χ1) is 13.0. The second-order valence-corrected chi connectivity index (χ2v) is 9.34. The molecule has 0 aliphatic heterocycles. The molecule has 2 aromatic rings. The fraction of sp³-hybridized carbons (Fsp3) is 0.381. The maximum atomic E-state index is 13.0. The monoisotopic (exact) mass is 422 g/mol. The average molecular weight is 423 g/mol. The molecule has 2 atom stereocenters. The molecule has 1 amide bonds. The summed E-state index contributed by atoms with van der Waals surface area (Å²) in [6, 6.07) is 11.8. The van der Waals surface area contributed by atoms with Crippen LogP contribution in [0.1, 0.15) is 43.0 Å². The van der Waals surface area contributed by atoms with E-state index in [2.05, 4.69) is 5.32 Å². The van der Waals surface area contributed by atoms with Gasteiger partial charge in [0.25, 0.3) is 0 Å². The number of aryl methyl sites for hydroxylation is 2. The zero-order chi connectivity index (χ0) is 21.1. The number of rotatable bonds is 7. The third kappa shape index (κ3) is 5.26. The Labute approximate surface area is 172 Å². The Morgan fingerprint density at radius 1 is 1.14 bits per heavy atom. The maximum absolute atomic E-state index is 13.0. The summed E-state index contributed by atoms with van der Waals surface area (Å²) in [5, 5.41) is 3.39. The fourth-order valence-electron chi connectivity index (χ4n) is 3.11. The van der Waals surface area contributed by atoms with E-state index in [-0.39, 0.29) is 11.9 Å². The highest BCUT2D eigenvalue weighted by molar-refractivity contribution is 7.92. The topological polar surface area (TPSA) is 66.5 Å². The van der Waals surface area contributed by atoms with E-state index in [9.17, 15) is 13.2 Å². The minimum Gasteiger partial charge on any atom is -0.347 e. The minimum atomic E-state index is -3.70. The van der Waals surface area contributed by atoms with Gasteiger partial charge in [-0.1, -0.05) is 54.4 Å². The van der Waals surface area contributed by atoms with Crippen LogP contribution in [0, 0.1) is 13.8 Å². The third-order valence-corrected chi connectivity index (χ3v) is 6.16. The van der Waals surface area contributed by atoms with Crippen molar-refractivity contribution in [1.82, 2.24) is 5.32 Å². The van der Waals surface area contributed by atoms with E-state index in [0.29, 0.717) is 17.1 Å². The lowest BCUT2D eigenvalue weighted by Crippen LogP contribution is -2.48. The van der Waals surface area contributed by atoms with E-state index in [4.69, 9.17) is 11.6 Å². The lowest BCUT2D eigenvalue weighted by molar-refractivity contribution is -0.122. The molecule has 0 spiro atoms. The Bertz CT molecular complexity index is 943. The Morgan fingerprint density at radius 2 is 1.75 bits per heavy atom. The molecule has 28 heavy (non-hydrogen) atoms. The van der Waals surface area contributed by atoms with Gasteiger partial charge in [0.1, 0.15) is 6.04 Å². The minimum absolute atomic E-state index is 0.197. The normalized spacial score (nSPS) is 13.6. The van der Waals surface area contributed by atoms with Crippen molar-refractivity contribution < 1.29 is 13.2 Å². The summed E-state index contributed by atoms with van der Waals surface area (Å²) >= 11 is 6.07. The van der Waals surface area contributed by atoms with Gasteiger partial charge in [-0.05, 0) is 50.5 Å². The Kier molecular flexibility index (Phi) is 7.12. The van der Waals surface area contributed by atoms with Crippen LogP contribution in [0.4, 0.5) is 5.69 Å². The molecular weight excluding hydrogens is 396 g/mol. The first-order valence-electron chi connectivity index (χ1n) is 9.17. The van der Waals surface area contributed by atoms with Crippen LogP contribution in [0.15, 0.2) is 42.5 Å². The molecule has 2 rings (SSSR count). The SMILES string of the molecule is CCC(NC(=O)C(C)N(c1cc(Cl)ccc1C)S(C)(=O)=O)c1ccc(C)cc1. The summed E-state index contributed by atoms with van der Waals surface area (Å²) in [4.78, 5) is 13.0. The van der Waals surface area contributed by atoms with Crippen LogP contribution in [0.3, 0.4) is 0 Å². The molecule has 1 N–H and O–H groups in total. The molecule has 0 saturated carbocycles. The highest BCUT2D eigenvalue weighted by atomic mass is 35.5. The van der Waals surface area contributed by atoms with Crippen LogP contribution in [0.25, 0.3) is 0 Å². The molecule has 0 heterocycles. The summed E-state index contributed by atoms with van der Waals surface area (Å²) in [6.07, 6.45) is 1.78. The molecule has 5 nitrogen and oxygen atoms in total. The number of benzene rings is 2. The Balaban J connectivity index is 2.33. The van der Waals surface area contributed by atoms with Crippen LogP contribution >= 0.6 is 11.6 Å². The van der Waals surface area contributed by atoms with Crippen molar-refractivity contribution in [2.24, 2.45) is 0 Å². The molecule has 0 bridgehead atoms. The average Bonchev–Trinajstić information content (AvgIpc) is 2.62. The molecule has 0 aliphatic carbocycles. The number of anilines is 1. The molecule has 0 saturated heterocycles. The van der Waals surface area contributed by atoms with Crippen molar-refractivity contribution in [2.75, 3.05) is 10.6 Å². The van der Waals surface area contributed by atoms with E-state index in [0.717, 1.165) is 27.3 Å². The van der Waals surface area contributed by atoms with E-state index in [1.807, 2.05) is 38.1 Å². The van der Waals surface area contributed by atoms with Crippen LogP contribution in [0.5, 0.6) is 0 Å². The van der Waals surface area contributed by atoms with Crippen LogP contribution in [-0.4, -0.2) is 26.6 Å². The van der Waals surface area contributed by atoms with E-state index < -0.39 is 16.1 Å². The predicted octanol–water partition coefficient (Wildman–Crippen LogP) is 4.38. The third-order valence-electron chi connectivity index (χ3n) is 4.70. The van der Waals surface area contributed by atoms with E-state index >= 15 is 0 Å². The first-order valence-corrected chi connectivity index (χ1v) is 11.4. The maximum Gasteiger partial charge on any atom is 0.244 e.